The van der Waals surface area contributed by atoms with Gasteiger partial charge in [-0.15, -0.1) is 0 Å². The standard InChI is InChI=1S/C29H22ClNO4/c1-34-23-17-11-19(12-18-23)28-26(27(32)24-9-5-6-10-25(24)35-28)31(22-15-13-21(30)14-16-22)29(33)20-7-3-2-4-8-20/h2-18,26,28H,1H3. The van der Waals surface area contributed by atoms with E-state index >= 15 is 0 Å². The van der Waals surface area contributed by atoms with Crippen molar-refractivity contribution in [3.63, 3.8) is 0 Å². The molecule has 0 fully saturated rings. The number of anilines is 1. The van der Waals surface area contributed by atoms with Crippen molar-refractivity contribution in [2.24, 2.45) is 0 Å². The summed E-state index contributed by atoms with van der Waals surface area (Å²) in [6.45, 7) is 0. The second kappa shape index (κ2) is 9.65. The van der Waals surface area contributed by atoms with Crippen molar-refractivity contribution in [2.45, 2.75) is 12.1 Å². The van der Waals surface area contributed by atoms with Gasteiger partial charge in [0.2, 0.25) is 0 Å². The first-order chi connectivity index (χ1) is 17.1. The molecule has 35 heavy (non-hydrogen) atoms. The number of hydrogen-bond acceptors (Lipinski definition) is 4. The number of hydrogen-bond donors (Lipinski definition) is 0. The fourth-order valence-corrected chi connectivity index (χ4v) is 4.42. The molecule has 4 aromatic rings. The van der Waals surface area contributed by atoms with E-state index in [-0.39, 0.29) is 11.7 Å². The molecule has 0 spiro atoms. The van der Waals surface area contributed by atoms with Crippen LogP contribution in [0.1, 0.15) is 32.4 Å². The zero-order valence-corrected chi connectivity index (χ0v) is 19.7. The second-order valence-corrected chi connectivity index (χ2v) is 8.57. The van der Waals surface area contributed by atoms with Gasteiger partial charge in [0.05, 0.1) is 12.7 Å². The van der Waals surface area contributed by atoms with Crippen LogP contribution in [-0.4, -0.2) is 24.8 Å². The van der Waals surface area contributed by atoms with Crippen LogP contribution in [0, 0.1) is 0 Å². The molecule has 1 heterocycles. The monoisotopic (exact) mass is 483 g/mol. The highest BCUT2D eigenvalue weighted by molar-refractivity contribution is 6.30. The number of halogens is 1. The largest absolute Gasteiger partial charge is 0.497 e. The summed E-state index contributed by atoms with van der Waals surface area (Å²) in [6, 6.07) is 29.3. The molecule has 0 bridgehead atoms. The van der Waals surface area contributed by atoms with Crippen molar-refractivity contribution in [2.75, 3.05) is 12.0 Å². The quantitative estimate of drug-likeness (QED) is 0.330. The van der Waals surface area contributed by atoms with E-state index < -0.39 is 12.1 Å². The Kier molecular flexibility index (Phi) is 6.25. The summed E-state index contributed by atoms with van der Waals surface area (Å²) in [6.07, 6.45) is -0.744. The lowest BCUT2D eigenvalue weighted by Gasteiger charge is -2.39. The topological polar surface area (TPSA) is 55.8 Å². The highest BCUT2D eigenvalue weighted by Crippen LogP contribution is 2.40. The van der Waals surface area contributed by atoms with Crippen molar-refractivity contribution in [1.82, 2.24) is 0 Å². The molecule has 5 rings (SSSR count). The molecule has 2 unspecified atom stereocenters. The molecular formula is C29H22ClNO4. The Bertz CT molecular complexity index is 1350. The lowest BCUT2D eigenvalue weighted by atomic mass is 9.89. The van der Waals surface area contributed by atoms with Gasteiger partial charge in [-0.25, -0.2) is 0 Å². The lowest BCUT2D eigenvalue weighted by molar-refractivity contribution is 0.0730. The van der Waals surface area contributed by atoms with Gasteiger partial charge in [0.15, 0.2) is 11.9 Å². The number of carbonyl (C=O) groups excluding carboxylic acids is 2. The minimum Gasteiger partial charge on any atom is -0.497 e. The van der Waals surface area contributed by atoms with E-state index in [1.165, 1.54) is 4.90 Å². The fraction of sp³-hybridized carbons (Fsp3) is 0.103. The SMILES string of the molecule is COc1ccc(C2Oc3ccccc3C(=O)C2N(C(=O)c2ccccc2)c2ccc(Cl)cc2)cc1. The Labute approximate surface area is 208 Å². The van der Waals surface area contributed by atoms with E-state index in [4.69, 9.17) is 21.1 Å². The molecule has 4 aromatic carbocycles. The van der Waals surface area contributed by atoms with Crippen LogP contribution < -0.4 is 14.4 Å². The third-order valence-corrected chi connectivity index (χ3v) is 6.28. The molecule has 0 radical (unpaired) electrons. The fourth-order valence-electron chi connectivity index (χ4n) is 4.29. The molecule has 0 N–H and O–H groups in total. The number of methoxy groups -OCH3 is 1. The molecule has 0 aliphatic carbocycles. The highest BCUT2D eigenvalue weighted by atomic mass is 35.5. The maximum atomic E-state index is 14.0. The van der Waals surface area contributed by atoms with Crippen molar-refractivity contribution in [3.8, 4) is 11.5 Å². The predicted molar refractivity (Wildman–Crippen MR) is 136 cm³/mol. The molecule has 1 amide bonds. The molecule has 1 aliphatic heterocycles. The number of rotatable bonds is 5. The molecule has 5 nitrogen and oxygen atoms in total. The van der Waals surface area contributed by atoms with Gasteiger partial charge in [0, 0.05) is 16.3 Å². The number of ketones is 1. The second-order valence-electron chi connectivity index (χ2n) is 8.13. The van der Waals surface area contributed by atoms with Gasteiger partial charge < -0.3 is 9.47 Å². The van der Waals surface area contributed by atoms with Crippen LogP contribution in [-0.2, 0) is 0 Å². The van der Waals surface area contributed by atoms with Crippen LogP contribution >= 0.6 is 11.6 Å². The van der Waals surface area contributed by atoms with Crippen molar-refractivity contribution in [3.05, 3.63) is 125 Å². The number of benzene rings is 4. The molecule has 0 saturated heterocycles. The Morgan fingerprint density at radius 1 is 0.857 bits per heavy atom. The van der Waals surface area contributed by atoms with E-state index in [1.54, 1.807) is 73.8 Å². The summed E-state index contributed by atoms with van der Waals surface area (Å²) < 4.78 is 11.7. The van der Waals surface area contributed by atoms with Crippen LogP contribution in [0.25, 0.3) is 0 Å². The number of nitrogens with zero attached hydrogens (tertiary/aromatic N) is 1. The zero-order valence-electron chi connectivity index (χ0n) is 18.9. The van der Waals surface area contributed by atoms with Crippen LogP contribution in [0.4, 0.5) is 5.69 Å². The van der Waals surface area contributed by atoms with Gasteiger partial charge in [-0.2, -0.15) is 0 Å². The van der Waals surface area contributed by atoms with E-state index in [0.717, 1.165) is 5.56 Å². The van der Waals surface area contributed by atoms with E-state index in [2.05, 4.69) is 0 Å². The van der Waals surface area contributed by atoms with Crippen molar-refractivity contribution < 1.29 is 19.1 Å². The van der Waals surface area contributed by atoms with Gasteiger partial charge in [0.1, 0.15) is 17.5 Å². The van der Waals surface area contributed by atoms with Gasteiger partial charge in [0.25, 0.3) is 5.91 Å². The average Bonchev–Trinajstić information content (AvgIpc) is 2.91. The molecule has 6 heteroatoms. The maximum absolute atomic E-state index is 14.0. The summed E-state index contributed by atoms with van der Waals surface area (Å²) in [7, 11) is 1.59. The normalized spacial score (nSPS) is 16.7. The van der Waals surface area contributed by atoms with Crippen LogP contribution in [0.15, 0.2) is 103 Å². The molecule has 174 valence electrons. The molecule has 2 atom stereocenters. The minimum absolute atomic E-state index is 0.202. The number of para-hydroxylation sites is 1. The smallest absolute Gasteiger partial charge is 0.259 e. The molecular weight excluding hydrogens is 462 g/mol. The summed E-state index contributed by atoms with van der Waals surface area (Å²) in [5, 5.41) is 0.532. The van der Waals surface area contributed by atoms with Gasteiger partial charge in [-0.1, -0.05) is 54.1 Å². The predicted octanol–water partition coefficient (Wildman–Crippen LogP) is 6.38. The lowest BCUT2D eigenvalue weighted by Crippen LogP contribution is -2.52. The number of fused-ring (bicyclic) bond motifs is 1. The van der Waals surface area contributed by atoms with Gasteiger partial charge >= 0.3 is 0 Å². The Morgan fingerprint density at radius 3 is 2.20 bits per heavy atom. The van der Waals surface area contributed by atoms with E-state index in [9.17, 15) is 9.59 Å². The summed E-state index contributed by atoms with van der Waals surface area (Å²) in [4.78, 5) is 29.5. The number of ether oxygens (including phenoxy) is 2. The Morgan fingerprint density at radius 2 is 1.51 bits per heavy atom. The number of carbonyl (C=O) groups is 2. The van der Waals surface area contributed by atoms with Crippen LogP contribution in [0.2, 0.25) is 5.02 Å². The Balaban J connectivity index is 1.69. The van der Waals surface area contributed by atoms with Crippen molar-refractivity contribution >= 4 is 29.0 Å². The summed E-state index contributed by atoms with van der Waals surface area (Å²) in [5.41, 5.74) is 2.19. The molecule has 1 aliphatic rings. The number of Topliss-reactive ketones (excluding diaryl/α,β-unsaturated/α-hetero) is 1. The average molecular weight is 484 g/mol. The molecule has 0 aromatic heterocycles. The minimum atomic E-state index is -0.952. The van der Waals surface area contributed by atoms with Crippen molar-refractivity contribution in [1.29, 1.82) is 0 Å². The van der Waals surface area contributed by atoms with Gasteiger partial charge in [-0.3, -0.25) is 14.5 Å². The third kappa shape index (κ3) is 4.38. The van der Waals surface area contributed by atoms with Crippen LogP contribution in [0.3, 0.4) is 0 Å². The maximum Gasteiger partial charge on any atom is 0.259 e. The summed E-state index contributed by atoms with van der Waals surface area (Å²) >= 11 is 6.14. The summed E-state index contributed by atoms with van der Waals surface area (Å²) in [5.74, 6) is 0.653. The van der Waals surface area contributed by atoms with E-state index in [0.29, 0.717) is 33.3 Å². The third-order valence-electron chi connectivity index (χ3n) is 6.03. The zero-order chi connectivity index (χ0) is 24.4. The van der Waals surface area contributed by atoms with Gasteiger partial charge in [-0.05, 0) is 66.2 Å². The molecule has 0 saturated carbocycles. The first kappa shape index (κ1) is 22.7. The first-order valence-corrected chi connectivity index (χ1v) is 11.5. The Hall–Kier alpha value is -4.09. The highest BCUT2D eigenvalue weighted by Gasteiger charge is 2.44. The van der Waals surface area contributed by atoms with Crippen LogP contribution in [0.5, 0.6) is 11.5 Å². The van der Waals surface area contributed by atoms with E-state index in [1.807, 2.05) is 36.4 Å². The number of amides is 1. The first-order valence-electron chi connectivity index (χ1n) is 11.1.